The molecule has 1 aromatic carbocycles. The van der Waals surface area contributed by atoms with Crippen LogP contribution in [0.25, 0.3) is 0 Å². The number of hydrogen-bond donors (Lipinski definition) is 0. The average molecular weight is 202 g/mol. The van der Waals surface area contributed by atoms with Gasteiger partial charge in [0.2, 0.25) is 0 Å². The lowest BCUT2D eigenvalue weighted by Gasteiger charge is -2.27. The zero-order valence-electron chi connectivity index (χ0n) is 9.71. The summed E-state index contributed by atoms with van der Waals surface area (Å²) in [6.07, 6.45) is 2.52. The molecule has 0 heterocycles. The molecule has 1 aliphatic carbocycles. The van der Waals surface area contributed by atoms with Gasteiger partial charge in [-0.3, -0.25) is 4.79 Å². The van der Waals surface area contributed by atoms with E-state index < -0.39 is 0 Å². The highest BCUT2D eigenvalue weighted by molar-refractivity contribution is 5.94. The molecule has 0 unspecified atom stereocenters. The van der Waals surface area contributed by atoms with E-state index in [2.05, 4.69) is 26.0 Å². The maximum absolute atomic E-state index is 11.3. The van der Waals surface area contributed by atoms with Gasteiger partial charge in [-0.15, -0.1) is 0 Å². The average Bonchev–Trinajstić information content (AvgIpc) is 2.23. The van der Waals surface area contributed by atoms with Gasteiger partial charge in [0.05, 0.1) is 0 Å². The summed E-state index contributed by atoms with van der Waals surface area (Å²) in [5.41, 5.74) is 3.69. The van der Waals surface area contributed by atoms with Crippen LogP contribution in [0.1, 0.15) is 66.9 Å². The van der Waals surface area contributed by atoms with E-state index in [9.17, 15) is 4.79 Å². The Morgan fingerprint density at radius 2 is 1.73 bits per heavy atom. The van der Waals surface area contributed by atoms with Crippen LogP contribution in [0.2, 0.25) is 0 Å². The van der Waals surface area contributed by atoms with Gasteiger partial charge < -0.3 is 0 Å². The van der Waals surface area contributed by atoms with Crippen molar-refractivity contribution in [2.75, 3.05) is 0 Å². The molecule has 1 heteroatoms. The number of carbonyl (C=O) groups excluding carboxylic acids is 1. The minimum Gasteiger partial charge on any atom is -0.295 e. The number of hydrogen-bond acceptors (Lipinski definition) is 1. The summed E-state index contributed by atoms with van der Waals surface area (Å²) in [6, 6.07) is 6.21. The fourth-order valence-electron chi connectivity index (χ4n) is 2.48. The van der Waals surface area contributed by atoms with Crippen LogP contribution in [0, 0.1) is 0 Å². The van der Waals surface area contributed by atoms with Crippen LogP contribution >= 0.6 is 0 Å². The minimum atomic E-state index is 0.170. The van der Waals surface area contributed by atoms with Crippen LogP contribution in [-0.4, -0.2) is 5.78 Å². The van der Waals surface area contributed by atoms with E-state index in [1.54, 1.807) is 6.92 Å². The first-order valence-electron chi connectivity index (χ1n) is 5.74. The molecule has 0 saturated heterocycles. The van der Waals surface area contributed by atoms with Crippen LogP contribution in [0.4, 0.5) is 0 Å². The van der Waals surface area contributed by atoms with Gasteiger partial charge in [-0.2, -0.15) is 0 Å². The Hall–Kier alpha value is -1.11. The van der Waals surface area contributed by atoms with Gasteiger partial charge in [-0.05, 0) is 48.8 Å². The van der Waals surface area contributed by atoms with E-state index in [4.69, 9.17) is 0 Å². The largest absolute Gasteiger partial charge is 0.295 e. The Morgan fingerprint density at radius 1 is 1.13 bits per heavy atom. The fraction of sp³-hybridized carbons (Fsp3) is 0.500. The van der Waals surface area contributed by atoms with Gasteiger partial charge in [0.1, 0.15) is 0 Å². The molecule has 0 fully saturated rings. The highest BCUT2D eigenvalue weighted by Crippen LogP contribution is 2.38. The maximum Gasteiger partial charge on any atom is 0.159 e. The summed E-state index contributed by atoms with van der Waals surface area (Å²) in [4.78, 5) is 11.3. The molecule has 0 amide bonds. The molecule has 1 nitrogen and oxygen atoms in total. The van der Waals surface area contributed by atoms with E-state index in [1.807, 2.05) is 6.07 Å². The number of benzene rings is 1. The minimum absolute atomic E-state index is 0.170. The van der Waals surface area contributed by atoms with Crippen molar-refractivity contribution in [2.45, 2.75) is 45.4 Å². The van der Waals surface area contributed by atoms with Crippen molar-refractivity contribution in [3.8, 4) is 0 Å². The molecule has 2 atom stereocenters. The Morgan fingerprint density at radius 3 is 2.33 bits per heavy atom. The number of rotatable bonds is 1. The predicted molar refractivity (Wildman–Crippen MR) is 62.5 cm³/mol. The fourth-order valence-corrected chi connectivity index (χ4v) is 2.48. The number of ketones is 1. The molecule has 15 heavy (non-hydrogen) atoms. The van der Waals surface area contributed by atoms with Crippen molar-refractivity contribution in [3.05, 3.63) is 34.9 Å². The Bertz CT molecular complexity index is 392. The first-order valence-corrected chi connectivity index (χ1v) is 5.74. The summed E-state index contributed by atoms with van der Waals surface area (Å²) in [5.74, 6) is 1.43. The smallest absolute Gasteiger partial charge is 0.159 e. The second kappa shape index (κ2) is 3.80. The molecular weight excluding hydrogens is 184 g/mol. The SMILES string of the molecule is CC(=O)c1ccc2c(c1)[C@@H](C)CC[C@@H]2C. The Balaban J connectivity index is 2.49. The normalized spacial score (nSPS) is 24.7. The Labute approximate surface area is 91.5 Å². The molecule has 0 spiro atoms. The van der Waals surface area contributed by atoms with E-state index in [-0.39, 0.29) is 5.78 Å². The third kappa shape index (κ3) is 1.83. The molecule has 2 rings (SSSR count). The van der Waals surface area contributed by atoms with Gasteiger partial charge in [-0.25, -0.2) is 0 Å². The van der Waals surface area contributed by atoms with E-state index in [0.717, 1.165) is 5.56 Å². The van der Waals surface area contributed by atoms with Crippen molar-refractivity contribution < 1.29 is 4.79 Å². The van der Waals surface area contributed by atoms with Crippen molar-refractivity contribution >= 4 is 5.78 Å². The monoisotopic (exact) mass is 202 g/mol. The molecule has 1 aliphatic rings. The summed E-state index contributed by atoms with van der Waals surface area (Å²) >= 11 is 0. The third-order valence-corrected chi connectivity index (χ3v) is 3.59. The molecule has 0 saturated carbocycles. The maximum atomic E-state index is 11.3. The first kappa shape index (κ1) is 10.4. The van der Waals surface area contributed by atoms with E-state index in [0.29, 0.717) is 11.8 Å². The number of Topliss-reactive ketones (excluding diaryl/α,β-unsaturated/α-hetero) is 1. The standard InChI is InChI=1S/C14H18O/c1-9-4-5-10(2)14-8-12(11(3)15)6-7-13(9)14/h6-10H,4-5H2,1-3H3/t9-,10-/m0/s1. The van der Waals surface area contributed by atoms with E-state index >= 15 is 0 Å². The molecule has 0 bridgehead atoms. The lowest BCUT2D eigenvalue weighted by Crippen LogP contribution is -2.11. The van der Waals surface area contributed by atoms with Crippen LogP contribution < -0.4 is 0 Å². The summed E-state index contributed by atoms with van der Waals surface area (Å²) < 4.78 is 0. The quantitative estimate of drug-likeness (QED) is 0.631. The lowest BCUT2D eigenvalue weighted by molar-refractivity contribution is 0.101. The van der Waals surface area contributed by atoms with Gasteiger partial charge >= 0.3 is 0 Å². The van der Waals surface area contributed by atoms with Crippen LogP contribution in [0.15, 0.2) is 18.2 Å². The topological polar surface area (TPSA) is 17.1 Å². The highest BCUT2D eigenvalue weighted by atomic mass is 16.1. The zero-order valence-corrected chi connectivity index (χ0v) is 9.71. The Kier molecular flexibility index (Phi) is 2.64. The first-order chi connectivity index (χ1) is 7.09. The summed E-state index contributed by atoms with van der Waals surface area (Å²) in [6.45, 7) is 6.17. The highest BCUT2D eigenvalue weighted by Gasteiger charge is 2.22. The number of fused-ring (bicyclic) bond motifs is 1. The lowest BCUT2D eigenvalue weighted by atomic mass is 9.77. The van der Waals surface area contributed by atoms with Crippen molar-refractivity contribution in [1.29, 1.82) is 0 Å². The summed E-state index contributed by atoms with van der Waals surface area (Å²) in [5, 5.41) is 0. The third-order valence-electron chi connectivity index (χ3n) is 3.59. The predicted octanol–water partition coefficient (Wildman–Crippen LogP) is 3.89. The van der Waals surface area contributed by atoms with Crippen LogP contribution in [0.5, 0.6) is 0 Å². The second-order valence-corrected chi connectivity index (χ2v) is 4.78. The number of carbonyl (C=O) groups is 1. The van der Waals surface area contributed by atoms with E-state index in [1.165, 1.54) is 24.0 Å². The molecule has 0 aliphatic heterocycles. The van der Waals surface area contributed by atoms with Crippen molar-refractivity contribution in [1.82, 2.24) is 0 Å². The van der Waals surface area contributed by atoms with Gasteiger partial charge in [-0.1, -0.05) is 26.0 Å². The second-order valence-electron chi connectivity index (χ2n) is 4.78. The molecule has 1 aromatic rings. The van der Waals surface area contributed by atoms with Crippen LogP contribution in [-0.2, 0) is 0 Å². The van der Waals surface area contributed by atoms with Gasteiger partial charge in [0.15, 0.2) is 5.78 Å². The van der Waals surface area contributed by atoms with Gasteiger partial charge in [0.25, 0.3) is 0 Å². The molecule has 0 N–H and O–H groups in total. The van der Waals surface area contributed by atoms with Crippen LogP contribution in [0.3, 0.4) is 0 Å². The molecule has 0 radical (unpaired) electrons. The molecule has 80 valence electrons. The zero-order chi connectivity index (χ0) is 11.0. The van der Waals surface area contributed by atoms with Crippen molar-refractivity contribution in [3.63, 3.8) is 0 Å². The summed E-state index contributed by atoms with van der Waals surface area (Å²) in [7, 11) is 0. The van der Waals surface area contributed by atoms with Gasteiger partial charge in [0, 0.05) is 5.56 Å². The molecule has 0 aromatic heterocycles. The van der Waals surface area contributed by atoms with Crippen molar-refractivity contribution in [2.24, 2.45) is 0 Å². The molecular formula is C14H18O.